The second-order valence-electron chi connectivity index (χ2n) is 7.14. The third-order valence-corrected chi connectivity index (χ3v) is 5.26. The summed E-state index contributed by atoms with van der Waals surface area (Å²) in [5, 5.41) is 3.45. The highest BCUT2D eigenvalue weighted by Gasteiger charge is 2.36. The smallest absolute Gasteiger partial charge is 0.237 e. The van der Waals surface area contributed by atoms with Gasteiger partial charge in [-0.15, -0.1) is 0 Å². The van der Waals surface area contributed by atoms with Crippen molar-refractivity contribution < 1.29 is 4.79 Å². The molecule has 4 heteroatoms. The number of carbonyl (C=O) groups excluding carboxylic acids is 1. The molecule has 0 spiro atoms. The largest absolute Gasteiger partial charge is 0.368 e. The predicted octanol–water partition coefficient (Wildman–Crippen LogP) is 2.42. The first-order valence-electron chi connectivity index (χ1n) is 8.87. The van der Waals surface area contributed by atoms with Crippen LogP contribution in [0.3, 0.4) is 0 Å². The van der Waals surface area contributed by atoms with Crippen molar-refractivity contribution in [2.24, 2.45) is 5.73 Å². The zero-order valence-corrected chi connectivity index (χ0v) is 13.9. The van der Waals surface area contributed by atoms with E-state index in [1.165, 1.54) is 44.9 Å². The molecule has 3 N–H and O–H groups in total. The van der Waals surface area contributed by atoms with Crippen LogP contribution >= 0.6 is 0 Å². The number of amides is 1. The maximum Gasteiger partial charge on any atom is 0.237 e. The van der Waals surface area contributed by atoms with Gasteiger partial charge in [-0.25, -0.2) is 0 Å². The number of primary amides is 1. The Kier molecular flexibility index (Phi) is 6.06. The van der Waals surface area contributed by atoms with E-state index in [9.17, 15) is 4.79 Å². The molecule has 2 aliphatic carbocycles. The number of rotatable bonds is 9. The van der Waals surface area contributed by atoms with E-state index in [-0.39, 0.29) is 5.91 Å². The predicted molar refractivity (Wildman–Crippen MR) is 87.1 cm³/mol. The third-order valence-electron chi connectivity index (χ3n) is 5.26. The Morgan fingerprint density at radius 3 is 2.43 bits per heavy atom. The fourth-order valence-electron chi connectivity index (χ4n) is 3.63. The van der Waals surface area contributed by atoms with Gasteiger partial charge < -0.3 is 16.0 Å². The Morgan fingerprint density at radius 1 is 1.24 bits per heavy atom. The molecule has 0 aromatic heterocycles. The van der Waals surface area contributed by atoms with Crippen molar-refractivity contribution in [1.29, 1.82) is 0 Å². The van der Waals surface area contributed by atoms with Crippen molar-refractivity contribution in [3.05, 3.63) is 0 Å². The van der Waals surface area contributed by atoms with Crippen LogP contribution in [0.4, 0.5) is 0 Å². The summed E-state index contributed by atoms with van der Waals surface area (Å²) in [7, 11) is 0. The molecule has 0 heterocycles. The molecule has 2 aliphatic rings. The molecule has 0 aliphatic heterocycles. The Bertz CT molecular complexity index is 337. The van der Waals surface area contributed by atoms with Crippen molar-refractivity contribution >= 4 is 5.91 Å². The lowest BCUT2D eigenvalue weighted by Crippen LogP contribution is -2.54. The van der Waals surface area contributed by atoms with Crippen molar-refractivity contribution in [2.75, 3.05) is 13.1 Å². The van der Waals surface area contributed by atoms with Crippen LogP contribution in [-0.2, 0) is 4.79 Å². The van der Waals surface area contributed by atoms with Crippen molar-refractivity contribution in [3.63, 3.8) is 0 Å². The van der Waals surface area contributed by atoms with E-state index < -0.39 is 5.54 Å². The molecule has 1 atom stereocenters. The van der Waals surface area contributed by atoms with Crippen molar-refractivity contribution in [3.8, 4) is 0 Å². The first-order chi connectivity index (χ1) is 10.0. The van der Waals surface area contributed by atoms with Crippen molar-refractivity contribution in [1.82, 2.24) is 10.2 Å². The van der Waals surface area contributed by atoms with Gasteiger partial charge in [0.15, 0.2) is 0 Å². The van der Waals surface area contributed by atoms with Crippen LogP contribution in [0.2, 0.25) is 0 Å². The van der Waals surface area contributed by atoms with Crippen LogP contribution < -0.4 is 11.1 Å². The molecule has 2 saturated carbocycles. The summed E-state index contributed by atoms with van der Waals surface area (Å²) in [6.45, 7) is 6.44. The van der Waals surface area contributed by atoms with E-state index in [0.717, 1.165) is 32.0 Å². The minimum atomic E-state index is -0.521. The Balaban J connectivity index is 1.78. The Hall–Kier alpha value is -0.610. The van der Waals surface area contributed by atoms with Crippen LogP contribution in [0, 0.1) is 0 Å². The number of carbonyl (C=O) groups is 1. The lowest BCUT2D eigenvalue weighted by Gasteiger charge is -2.35. The molecule has 0 aromatic rings. The minimum absolute atomic E-state index is 0.199. The van der Waals surface area contributed by atoms with Gasteiger partial charge in [0, 0.05) is 12.1 Å². The van der Waals surface area contributed by atoms with Gasteiger partial charge in [-0.2, -0.15) is 0 Å². The first kappa shape index (κ1) is 16.8. The molecule has 0 aromatic carbocycles. The second-order valence-corrected chi connectivity index (χ2v) is 7.14. The van der Waals surface area contributed by atoms with Gasteiger partial charge in [0.2, 0.25) is 5.91 Å². The van der Waals surface area contributed by atoms with Gasteiger partial charge in [0.05, 0.1) is 5.54 Å². The fraction of sp³-hybridized carbons (Fsp3) is 0.941. The lowest BCUT2D eigenvalue weighted by molar-refractivity contribution is -0.124. The average Bonchev–Trinajstić information content (AvgIpc) is 3.28. The van der Waals surface area contributed by atoms with Gasteiger partial charge in [0.25, 0.3) is 0 Å². The minimum Gasteiger partial charge on any atom is -0.368 e. The van der Waals surface area contributed by atoms with Gasteiger partial charge in [0.1, 0.15) is 0 Å². The van der Waals surface area contributed by atoms with Crippen LogP contribution in [0.25, 0.3) is 0 Å². The Morgan fingerprint density at radius 2 is 1.90 bits per heavy atom. The summed E-state index contributed by atoms with van der Waals surface area (Å²) < 4.78 is 0. The van der Waals surface area contributed by atoms with E-state index >= 15 is 0 Å². The SMILES string of the molecule is CCN(CCCC(C)(NC1CC1)C(N)=O)C1CCCCC1. The van der Waals surface area contributed by atoms with E-state index in [4.69, 9.17) is 5.73 Å². The summed E-state index contributed by atoms with van der Waals surface area (Å²) in [6, 6.07) is 1.28. The number of nitrogens with zero attached hydrogens (tertiary/aromatic N) is 1. The van der Waals surface area contributed by atoms with E-state index in [2.05, 4.69) is 17.1 Å². The summed E-state index contributed by atoms with van der Waals surface area (Å²) in [4.78, 5) is 14.4. The first-order valence-corrected chi connectivity index (χ1v) is 8.87. The van der Waals surface area contributed by atoms with Gasteiger partial charge >= 0.3 is 0 Å². The highest BCUT2D eigenvalue weighted by Crippen LogP contribution is 2.26. The van der Waals surface area contributed by atoms with Gasteiger partial charge in [-0.05, 0) is 58.5 Å². The maximum atomic E-state index is 11.8. The maximum absolute atomic E-state index is 11.8. The molecule has 0 saturated heterocycles. The Labute approximate surface area is 129 Å². The van der Waals surface area contributed by atoms with Crippen LogP contribution in [0.1, 0.15) is 71.6 Å². The zero-order valence-electron chi connectivity index (χ0n) is 13.9. The van der Waals surface area contributed by atoms with E-state index in [1.54, 1.807) is 0 Å². The van der Waals surface area contributed by atoms with Crippen LogP contribution in [-0.4, -0.2) is 41.5 Å². The molecule has 1 unspecified atom stereocenters. The molecule has 122 valence electrons. The topological polar surface area (TPSA) is 58.4 Å². The van der Waals surface area contributed by atoms with Crippen molar-refractivity contribution in [2.45, 2.75) is 89.3 Å². The monoisotopic (exact) mass is 295 g/mol. The highest BCUT2D eigenvalue weighted by molar-refractivity contribution is 5.84. The summed E-state index contributed by atoms with van der Waals surface area (Å²) in [6.07, 6.45) is 11.1. The normalized spacial score (nSPS) is 23.2. The number of hydrogen-bond acceptors (Lipinski definition) is 3. The highest BCUT2D eigenvalue weighted by atomic mass is 16.1. The number of hydrogen-bond donors (Lipinski definition) is 2. The molecular weight excluding hydrogens is 262 g/mol. The van der Waals surface area contributed by atoms with Crippen LogP contribution in [0.15, 0.2) is 0 Å². The van der Waals surface area contributed by atoms with Gasteiger partial charge in [-0.3, -0.25) is 4.79 Å². The molecule has 21 heavy (non-hydrogen) atoms. The van der Waals surface area contributed by atoms with E-state index in [0.29, 0.717) is 6.04 Å². The molecule has 0 radical (unpaired) electrons. The second kappa shape index (κ2) is 7.59. The fourth-order valence-corrected chi connectivity index (χ4v) is 3.63. The number of nitrogens with two attached hydrogens (primary N) is 1. The lowest BCUT2D eigenvalue weighted by atomic mass is 9.92. The molecule has 2 rings (SSSR count). The summed E-state index contributed by atoms with van der Waals surface area (Å²) >= 11 is 0. The summed E-state index contributed by atoms with van der Waals surface area (Å²) in [5.74, 6) is -0.199. The molecule has 1 amide bonds. The molecular formula is C17H33N3O. The molecule has 0 bridgehead atoms. The average molecular weight is 295 g/mol. The molecule has 4 nitrogen and oxygen atoms in total. The van der Waals surface area contributed by atoms with Crippen LogP contribution in [0.5, 0.6) is 0 Å². The quantitative estimate of drug-likeness (QED) is 0.687. The zero-order chi connectivity index (χ0) is 15.3. The van der Waals surface area contributed by atoms with E-state index in [1.807, 2.05) is 6.92 Å². The third kappa shape index (κ3) is 4.96. The molecule has 2 fully saturated rings. The summed E-state index contributed by atoms with van der Waals surface area (Å²) in [5.41, 5.74) is 5.10. The number of nitrogens with one attached hydrogen (secondary N) is 1. The standard InChI is InChI=1S/C17H33N3O/c1-3-20(15-8-5-4-6-9-15)13-7-12-17(2,16(18)21)19-14-10-11-14/h14-15,19H,3-13H2,1-2H3,(H2,18,21). The van der Waals surface area contributed by atoms with Gasteiger partial charge in [-0.1, -0.05) is 26.2 Å².